The molecule has 0 heterocycles. The van der Waals surface area contributed by atoms with Crippen LogP contribution in [0.4, 0.5) is 0 Å². The van der Waals surface area contributed by atoms with Crippen LogP contribution in [0.5, 0.6) is 0 Å². The maximum Gasteiger partial charge on any atom is 0.149 e. The van der Waals surface area contributed by atoms with Crippen molar-refractivity contribution in [2.45, 2.75) is 59.3 Å². The van der Waals surface area contributed by atoms with Gasteiger partial charge in [0.25, 0.3) is 0 Å². The first-order valence-electron chi connectivity index (χ1n) is 5.79. The normalized spacial score (nSPS) is 13.7. The van der Waals surface area contributed by atoms with Crippen molar-refractivity contribution in [3.05, 3.63) is 24.0 Å². The van der Waals surface area contributed by atoms with Crippen LogP contribution in [0.3, 0.4) is 0 Å². The quantitative estimate of drug-likeness (QED) is 0.324. The van der Waals surface area contributed by atoms with Crippen molar-refractivity contribution >= 4 is 0 Å². The summed E-state index contributed by atoms with van der Waals surface area (Å²) in [5.41, 5.74) is 6.39. The van der Waals surface area contributed by atoms with Crippen LogP contribution in [0, 0.1) is 0 Å². The Morgan fingerprint density at radius 3 is 2.12 bits per heavy atom. The third-order valence-corrected chi connectivity index (χ3v) is 2.22. The second-order valence-electron chi connectivity index (χ2n) is 5.72. The van der Waals surface area contributed by atoms with Crippen LogP contribution < -0.4 is 11.6 Å². The van der Waals surface area contributed by atoms with Crippen LogP contribution in [0.15, 0.2) is 24.0 Å². The molecule has 0 aromatic carbocycles. The number of hydrogen-bond acceptors (Lipinski definition) is 4. The molecule has 0 aromatic heterocycles. The molecule has 4 N–H and O–H groups in total. The van der Waals surface area contributed by atoms with E-state index in [1.807, 2.05) is 34.6 Å². The topological polar surface area (TPSA) is 64.5 Å². The summed E-state index contributed by atoms with van der Waals surface area (Å²) in [7, 11) is 0. The minimum absolute atomic E-state index is 0.316. The highest BCUT2D eigenvalue weighted by Crippen LogP contribution is 2.27. The Morgan fingerprint density at radius 2 is 1.76 bits per heavy atom. The predicted octanol–water partition coefficient (Wildman–Crippen LogP) is 2.48. The van der Waals surface area contributed by atoms with E-state index in [1.165, 1.54) is 5.01 Å². The van der Waals surface area contributed by atoms with Crippen molar-refractivity contribution in [1.82, 2.24) is 5.01 Å². The number of nitrogens with zero attached hydrogens (tertiary/aromatic N) is 1. The van der Waals surface area contributed by atoms with Gasteiger partial charge in [0.2, 0.25) is 0 Å². The highest BCUT2D eigenvalue weighted by molar-refractivity contribution is 4.97. The standard InChI is InChI=1S/C13H27N3O/c1-10(2)8-12(4,5)17-13(6,7)16(15)9-11(3)14/h9H,1,8,14-15H2,2-7H3/b11-9-. The molecule has 4 heteroatoms. The molecule has 0 saturated heterocycles. The summed E-state index contributed by atoms with van der Waals surface area (Å²) in [6.07, 6.45) is 2.45. The minimum atomic E-state index is -0.625. The van der Waals surface area contributed by atoms with Crippen molar-refractivity contribution in [3.63, 3.8) is 0 Å². The highest BCUT2D eigenvalue weighted by Gasteiger charge is 2.32. The Balaban J connectivity index is 4.73. The van der Waals surface area contributed by atoms with Crippen molar-refractivity contribution in [2.24, 2.45) is 11.6 Å². The SMILES string of the molecule is C=C(C)CC(C)(C)OC(C)(C)N(N)/C=C(/C)N. The van der Waals surface area contributed by atoms with Crippen molar-refractivity contribution in [1.29, 1.82) is 0 Å². The number of allylic oxidation sites excluding steroid dienone is 1. The zero-order valence-electron chi connectivity index (χ0n) is 12.0. The molecule has 0 radical (unpaired) electrons. The van der Waals surface area contributed by atoms with Crippen molar-refractivity contribution in [2.75, 3.05) is 0 Å². The Kier molecular flexibility index (Phi) is 5.23. The third kappa shape index (κ3) is 6.34. The maximum absolute atomic E-state index is 6.04. The van der Waals surface area contributed by atoms with Gasteiger partial charge in [-0.25, -0.2) is 5.84 Å². The van der Waals surface area contributed by atoms with E-state index in [4.69, 9.17) is 16.3 Å². The van der Waals surface area contributed by atoms with E-state index in [9.17, 15) is 0 Å². The molecule has 0 atom stereocenters. The Hall–Kier alpha value is -1.00. The summed E-state index contributed by atoms with van der Waals surface area (Å²) in [4.78, 5) is 0. The van der Waals surface area contributed by atoms with Gasteiger partial charge in [0.05, 0.1) is 5.60 Å². The molecule has 100 valence electrons. The molecule has 0 unspecified atom stereocenters. The van der Waals surface area contributed by atoms with E-state index in [2.05, 4.69) is 6.58 Å². The average molecular weight is 241 g/mol. The molecular weight excluding hydrogens is 214 g/mol. The molecule has 0 aliphatic carbocycles. The molecule has 0 bridgehead atoms. The van der Waals surface area contributed by atoms with Gasteiger partial charge in [-0.2, -0.15) is 0 Å². The number of ether oxygens (including phenoxy) is 1. The number of rotatable bonds is 6. The first kappa shape index (κ1) is 16.0. The Morgan fingerprint density at radius 1 is 1.29 bits per heavy atom. The molecule has 4 nitrogen and oxygen atoms in total. The Labute approximate surface area is 105 Å². The van der Waals surface area contributed by atoms with E-state index in [-0.39, 0.29) is 5.60 Å². The van der Waals surface area contributed by atoms with Crippen molar-refractivity contribution < 1.29 is 4.74 Å². The van der Waals surface area contributed by atoms with E-state index in [1.54, 1.807) is 13.1 Å². The number of hydrazine groups is 1. The lowest BCUT2D eigenvalue weighted by Crippen LogP contribution is -2.51. The lowest BCUT2D eigenvalue weighted by Gasteiger charge is -2.41. The molecule has 0 aliphatic rings. The van der Waals surface area contributed by atoms with Gasteiger partial charge in [-0.1, -0.05) is 5.57 Å². The first-order chi connectivity index (χ1) is 7.46. The zero-order valence-corrected chi connectivity index (χ0v) is 12.0. The fraction of sp³-hybridized carbons (Fsp3) is 0.692. The molecule has 0 spiro atoms. The summed E-state index contributed by atoms with van der Waals surface area (Å²) in [6, 6.07) is 0. The highest BCUT2D eigenvalue weighted by atomic mass is 16.5. The van der Waals surface area contributed by atoms with Gasteiger partial charge in [-0.3, -0.25) is 5.01 Å². The molecule has 0 fully saturated rings. The Bertz CT molecular complexity index is 302. The molecule has 0 aromatic rings. The molecule has 0 aliphatic heterocycles. The third-order valence-electron chi connectivity index (χ3n) is 2.22. The molecular formula is C13H27N3O. The monoisotopic (exact) mass is 241 g/mol. The minimum Gasteiger partial charge on any atom is -0.401 e. The van der Waals surface area contributed by atoms with Crippen LogP contribution in [0.2, 0.25) is 0 Å². The van der Waals surface area contributed by atoms with E-state index >= 15 is 0 Å². The lowest BCUT2D eigenvalue weighted by atomic mass is 9.99. The van der Waals surface area contributed by atoms with Gasteiger partial charge in [0.15, 0.2) is 0 Å². The second-order valence-corrected chi connectivity index (χ2v) is 5.72. The fourth-order valence-corrected chi connectivity index (χ4v) is 1.87. The summed E-state index contributed by atoms with van der Waals surface area (Å²) in [5, 5.41) is 1.49. The molecule has 0 rings (SSSR count). The van der Waals surface area contributed by atoms with Gasteiger partial charge >= 0.3 is 0 Å². The zero-order chi connectivity index (χ0) is 13.9. The average Bonchev–Trinajstić information content (AvgIpc) is 1.96. The van der Waals surface area contributed by atoms with Gasteiger partial charge in [0.1, 0.15) is 5.72 Å². The summed E-state index contributed by atoms with van der Waals surface area (Å²) in [6.45, 7) is 15.5. The van der Waals surface area contributed by atoms with Crippen molar-refractivity contribution in [3.8, 4) is 0 Å². The lowest BCUT2D eigenvalue weighted by molar-refractivity contribution is -0.185. The van der Waals surface area contributed by atoms with Gasteiger partial charge in [0, 0.05) is 11.9 Å². The summed E-state index contributed by atoms with van der Waals surface area (Å²) >= 11 is 0. The van der Waals surface area contributed by atoms with Crippen LogP contribution in [-0.4, -0.2) is 16.3 Å². The molecule has 0 amide bonds. The van der Waals surface area contributed by atoms with Gasteiger partial charge in [-0.05, 0) is 48.0 Å². The largest absolute Gasteiger partial charge is 0.401 e. The van der Waals surface area contributed by atoms with Crippen LogP contribution in [0.1, 0.15) is 48.0 Å². The predicted molar refractivity (Wildman–Crippen MR) is 72.6 cm³/mol. The molecule has 0 saturated carbocycles. The van der Waals surface area contributed by atoms with Gasteiger partial charge < -0.3 is 10.5 Å². The fourth-order valence-electron chi connectivity index (χ4n) is 1.87. The van der Waals surface area contributed by atoms with E-state index in [0.717, 1.165) is 12.0 Å². The number of hydrogen-bond donors (Lipinski definition) is 2. The smallest absolute Gasteiger partial charge is 0.149 e. The first-order valence-corrected chi connectivity index (χ1v) is 5.79. The van der Waals surface area contributed by atoms with Crippen LogP contribution in [0.25, 0.3) is 0 Å². The number of nitrogens with two attached hydrogens (primary N) is 2. The second kappa shape index (κ2) is 5.56. The van der Waals surface area contributed by atoms with Gasteiger partial charge in [-0.15, -0.1) is 6.58 Å². The van der Waals surface area contributed by atoms with Crippen LogP contribution in [-0.2, 0) is 4.74 Å². The molecule has 17 heavy (non-hydrogen) atoms. The summed E-state index contributed by atoms with van der Waals surface area (Å²) < 4.78 is 6.04. The van der Waals surface area contributed by atoms with E-state index in [0.29, 0.717) is 5.70 Å². The maximum atomic E-state index is 6.04. The summed E-state index contributed by atoms with van der Waals surface area (Å²) in [5.74, 6) is 5.92. The van der Waals surface area contributed by atoms with Crippen LogP contribution >= 0.6 is 0 Å². The van der Waals surface area contributed by atoms with E-state index < -0.39 is 5.72 Å².